The smallest absolute Gasteiger partial charge is 0.405 e. The van der Waals surface area contributed by atoms with Crippen LogP contribution in [-0.2, 0) is 0 Å². The molecule has 0 radical (unpaired) electrons. The van der Waals surface area contributed by atoms with Crippen LogP contribution >= 0.6 is 0 Å². The van der Waals surface area contributed by atoms with E-state index in [1.165, 1.54) is 6.08 Å². The van der Waals surface area contributed by atoms with E-state index in [0.717, 1.165) is 31.8 Å². The number of halogens is 3. The molecule has 25 heavy (non-hydrogen) atoms. The molecule has 5 atom stereocenters. The van der Waals surface area contributed by atoms with E-state index in [1.54, 1.807) is 6.20 Å². The maximum Gasteiger partial charge on any atom is 0.412 e. The molecule has 1 rings (SSSR count). The third-order valence-electron chi connectivity index (χ3n) is 5.46. The third-order valence-corrected chi connectivity index (χ3v) is 5.46. The van der Waals surface area contributed by atoms with E-state index in [-0.39, 0.29) is 24.4 Å². The molecule has 1 fully saturated rings. The van der Waals surface area contributed by atoms with Gasteiger partial charge in [-0.15, -0.1) is 6.58 Å². The van der Waals surface area contributed by atoms with Crippen molar-refractivity contribution in [1.29, 1.82) is 0 Å². The number of allylic oxidation sites excluding steroid dienone is 4. The van der Waals surface area contributed by atoms with Crippen molar-refractivity contribution in [3.8, 4) is 0 Å². The molecule has 3 N–H and O–H groups in total. The van der Waals surface area contributed by atoms with E-state index < -0.39 is 11.7 Å². The van der Waals surface area contributed by atoms with E-state index in [9.17, 15) is 18.3 Å². The van der Waals surface area contributed by atoms with Gasteiger partial charge in [-0.25, -0.2) is 0 Å². The quantitative estimate of drug-likeness (QED) is 0.526. The predicted molar refractivity (Wildman–Crippen MR) is 96.6 cm³/mol. The summed E-state index contributed by atoms with van der Waals surface area (Å²) in [5, 5.41) is 9.39. The molecule has 0 aromatic carbocycles. The standard InChI is InChI=1S/C20H32F3NO/c1-5-16(8-13(2)12-24)17(6-7-25)9-14(3)19-11-18(19)10-15(4)20(21,22)23/h5,10,12,14,16-19,25H,1,6-9,11,24H2,2-4H3/b13-12+,15-10+. The van der Waals surface area contributed by atoms with E-state index in [1.807, 2.05) is 13.0 Å². The van der Waals surface area contributed by atoms with Crippen LogP contribution in [0.15, 0.2) is 36.1 Å². The van der Waals surface area contributed by atoms with Crippen molar-refractivity contribution in [2.24, 2.45) is 35.3 Å². The zero-order valence-electron chi connectivity index (χ0n) is 15.5. The summed E-state index contributed by atoms with van der Waals surface area (Å²) in [5.74, 6) is 1.14. The summed E-state index contributed by atoms with van der Waals surface area (Å²) in [4.78, 5) is 0. The fraction of sp³-hybridized carbons (Fsp3) is 0.700. The Morgan fingerprint density at radius 2 is 2.00 bits per heavy atom. The molecule has 0 bridgehead atoms. The fourth-order valence-electron chi connectivity index (χ4n) is 3.70. The molecule has 5 unspecified atom stereocenters. The van der Waals surface area contributed by atoms with Gasteiger partial charge in [0.2, 0.25) is 0 Å². The Balaban J connectivity index is 2.68. The monoisotopic (exact) mass is 359 g/mol. The molecule has 0 aromatic rings. The van der Waals surface area contributed by atoms with Gasteiger partial charge in [0.1, 0.15) is 0 Å². The molecule has 0 saturated heterocycles. The Morgan fingerprint density at radius 1 is 1.36 bits per heavy atom. The summed E-state index contributed by atoms with van der Waals surface area (Å²) in [6.07, 6.45) is 3.85. The van der Waals surface area contributed by atoms with Crippen LogP contribution in [0.2, 0.25) is 0 Å². The van der Waals surface area contributed by atoms with Gasteiger partial charge in [-0.05, 0) is 75.3 Å². The Hall–Kier alpha value is -1.23. The number of hydrogen-bond donors (Lipinski definition) is 2. The summed E-state index contributed by atoms with van der Waals surface area (Å²) in [7, 11) is 0. The van der Waals surface area contributed by atoms with Crippen LogP contribution in [0, 0.1) is 29.6 Å². The lowest BCUT2D eigenvalue weighted by Crippen LogP contribution is -2.19. The molecule has 0 aromatic heterocycles. The van der Waals surface area contributed by atoms with E-state index in [0.29, 0.717) is 18.3 Å². The van der Waals surface area contributed by atoms with Gasteiger partial charge in [0.05, 0.1) is 0 Å². The number of rotatable bonds is 10. The lowest BCUT2D eigenvalue weighted by molar-refractivity contribution is -0.0916. The Bertz CT molecular complexity index is 496. The van der Waals surface area contributed by atoms with Crippen molar-refractivity contribution >= 4 is 0 Å². The maximum absolute atomic E-state index is 12.7. The second-order valence-electron chi connectivity index (χ2n) is 7.51. The maximum atomic E-state index is 12.7. The molecule has 1 aliphatic rings. The highest BCUT2D eigenvalue weighted by molar-refractivity contribution is 5.14. The number of hydrogen-bond acceptors (Lipinski definition) is 2. The number of aliphatic hydroxyl groups excluding tert-OH is 1. The fourth-order valence-corrected chi connectivity index (χ4v) is 3.70. The summed E-state index contributed by atoms with van der Waals surface area (Å²) in [5.41, 5.74) is 6.15. The van der Waals surface area contributed by atoms with Crippen LogP contribution in [0.3, 0.4) is 0 Å². The van der Waals surface area contributed by atoms with Crippen molar-refractivity contribution in [2.45, 2.75) is 52.6 Å². The van der Waals surface area contributed by atoms with Crippen LogP contribution in [-0.4, -0.2) is 17.9 Å². The van der Waals surface area contributed by atoms with Crippen LogP contribution in [0.25, 0.3) is 0 Å². The molecule has 1 aliphatic carbocycles. The molecule has 0 heterocycles. The third kappa shape index (κ3) is 6.89. The topological polar surface area (TPSA) is 46.2 Å². The second-order valence-corrected chi connectivity index (χ2v) is 7.51. The van der Waals surface area contributed by atoms with Crippen LogP contribution < -0.4 is 5.73 Å². The normalized spacial score (nSPS) is 25.4. The van der Waals surface area contributed by atoms with Gasteiger partial charge in [0, 0.05) is 12.2 Å². The lowest BCUT2D eigenvalue weighted by atomic mass is 9.78. The minimum absolute atomic E-state index is 0.0271. The number of aliphatic hydroxyl groups is 1. The van der Waals surface area contributed by atoms with Crippen molar-refractivity contribution in [1.82, 2.24) is 0 Å². The van der Waals surface area contributed by atoms with E-state index in [4.69, 9.17) is 5.73 Å². The Morgan fingerprint density at radius 3 is 2.48 bits per heavy atom. The average molecular weight is 359 g/mol. The summed E-state index contributed by atoms with van der Waals surface area (Å²) >= 11 is 0. The lowest BCUT2D eigenvalue weighted by Gasteiger charge is -2.27. The molecule has 2 nitrogen and oxygen atoms in total. The summed E-state index contributed by atoms with van der Waals surface area (Å²) in [6, 6.07) is 0. The van der Waals surface area contributed by atoms with Gasteiger partial charge < -0.3 is 10.8 Å². The minimum Gasteiger partial charge on any atom is -0.405 e. The van der Waals surface area contributed by atoms with Crippen molar-refractivity contribution in [3.05, 3.63) is 36.1 Å². The predicted octanol–water partition coefficient (Wildman–Crippen LogP) is 5.21. The number of alkyl halides is 3. The first-order valence-corrected chi connectivity index (χ1v) is 9.00. The minimum atomic E-state index is -4.23. The van der Waals surface area contributed by atoms with Crippen LogP contribution in [0.1, 0.15) is 46.5 Å². The SMILES string of the molecule is C=CC(C/C(C)=C/N)C(CCO)CC(C)C1CC1/C=C(\C)C(F)(F)F. The zero-order valence-corrected chi connectivity index (χ0v) is 15.5. The molecule has 0 amide bonds. The Kier molecular flexibility index (Phi) is 8.26. The first-order valence-electron chi connectivity index (χ1n) is 9.00. The van der Waals surface area contributed by atoms with Gasteiger partial charge >= 0.3 is 6.18 Å². The van der Waals surface area contributed by atoms with Crippen LogP contribution in [0.4, 0.5) is 13.2 Å². The summed E-state index contributed by atoms with van der Waals surface area (Å²) < 4.78 is 38.0. The second kappa shape index (κ2) is 9.46. The molecule has 0 aliphatic heterocycles. The number of nitrogens with two attached hydrogens (primary N) is 1. The van der Waals surface area contributed by atoms with Crippen LogP contribution in [0.5, 0.6) is 0 Å². The molecule has 5 heteroatoms. The van der Waals surface area contributed by atoms with Crippen molar-refractivity contribution in [2.75, 3.05) is 6.61 Å². The van der Waals surface area contributed by atoms with Gasteiger partial charge in [-0.3, -0.25) is 0 Å². The average Bonchev–Trinajstić information content (AvgIpc) is 3.30. The highest BCUT2D eigenvalue weighted by Crippen LogP contribution is 2.49. The largest absolute Gasteiger partial charge is 0.412 e. The molecular weight excluding hydrogens is 327 g/mol. The first kappa shape index (κ1) is 21.8. The van der Waals surface area contributed by atoms with Gasteiger partial charge in [-0.2, -0.15) is 13.2 Å². The molecular formula is C20H32F3NO. The Labute approximate surface area is 149 Å². The zero-order chi connectivity index (χ0) is 19.2. The van der Waals surface area contributed by atoms with Crippen molar-refractivity contribution < 1.29 is 18.3 Å². The highest BCUT2D eigenvalue weighted by atomic mass is 19.4. The van der Waals surface area contributed by atoms with E-state index in [2.05, 4.69) is 13.5 Å². The summed E-state index contributed by atoms with van der Waals surface area (Å²) in [6.45, 7) is 9.24. The molecule has 1 saturated carbocycles. The highest BCUT2D eigenvalue weighted by Gasteiger charge is 2.42. The van der Waals surface area contributed by atoms with Gasteiger partial charge in [0.25, 0.3) is 0 Å². The van der Waals surface area contributed by atoms with Gasteiger partial charge in [0.15, 0.2) is 0 Å². The first-order chi connectivity index (χ1) is 11.6. The van der Waals surface area contributed by atoms with Gasteiger partial charge in [-0.1, -0.05) is 24.6 Å². The van der Waals surface area contributed by atoms with E-state index >= 15 is 0 Å². The van der Waals surface area contributed by atoms with Crippen molar-refractivity contribution in [3.63, 3.8) is 0 Å². The molecule has 144 valence electrons. The molecule has 0 spiro atoms.